The fourth-order valence-corrected chi connectivity index (χ4v) is 2.20. The number of primary amides is 1. The summed E-state index contributed by atoms with van der Waals surface area (Å²) in [6.07, 6.45) is 0. The van der Waals surface area contributed by atoms with Crippen molar-refractivity contribution in [3.8, 4) is 0 Å². The summed E-state index contributed by atoms with van der Waals surface area (Å²) in [6, 6.07) is -0.756. The first-order chi connectivity index (χ1) is 8.60. The van der Waals surface area contributed by atoms with Gasteiger partial charge in [-0.2, -0.15) is 0 Å². The van der Waals surface area contributed by atoms with Crippen molar-refractivity contribution in [1.29, 1.82) is 0 Å². The van der Waals surface area contributed by atoms with Crippen LogP contribution in [0, 0.1) is 0 Å². The third kappa shape index (κ3) is 4.40. The molecule has 0 fully saturated rings. The van der Waals surface area contributed by atoms with E-state index in [0.29, 0.717) is 5.13 Å². The van der Waals surface area contributed by atoms with Crippen molar-refractivity contribution in [3.63, 3.8) is 0 Å². The highest BCUT2D eigenvalue weighted by atomic mass is 32.1. The first-order valence-electron chi connectivity index (χ1n) is 5.75. The molecule has 106 valence electrons. The standard InChI is InChI=1S/C11H19N5O2S/c1-5(8(13)17)14-9(18)6-7(12)15-10(19-6)16-11(2,3)4/h5H,12H2,1-4H3,(H2,13,17)(H,14,18)(H,15,16). The number of aromatic nitrogens is 1. The molecule has 0 aliphatic carbocycles. The van der Waals surface area contributed by atoms with E-state index < -0.39 is 17.9 Å². The number of hydrogen-bond acceptors (Lipinski definition) is 6. The zero-order chi connectivity index (χ0) is 14.8. The van der Waals surface area contributed by atoms with Crippen LogP contribution in [0.5, 0.6) is 0 Å². The zero-order valence-electron chi connectivity index (χ0n) is 11.4. The van der Waals surface area contributed by atoms with Crippen molar-refractivity contribution < 1.29 is 9.59 Å². The smallest absolute Gasteiger partial charge is 0.265 e. The SMILES string of the molecule is CC(NC(=O)c1sc(NC(C)(C)C)nc1N)C(N)=O. The maximum absolute atomic E-state index is 11.9. The lowest BCUT2D eigenvalue weighted by Crippen LogP contribution is -2.42. The van der Waals surface area contributed by atoms with E-state index >= 15 is 0 Å². The normalized spacial score (nSPS) is 12.8. The molecule has 0 aliphatic rings. The Morgan fingerprint density at radius 1 is 1.37 bits per heavy atom. The van der Waals surface area contributed by atoms with Gasteiger partial charge in [-0.05, 0) is 27.7 Å². The summed E-state index contributed by atoms with van der Waals surface area (Å²) in [5, 5.41) is 6.15. The van der Waals surface area contributed by atoms with Gasteiger partial charge in [0.05, 0.1) is 0 Å². The molecule has 19 heavy (non-hydrogen) atoms. The molecular weight excluding hydrogens is 266 g/mol. The van der Waals surface area contributed by atoms with Gasteiger partial charge in [-0.15, -0.1) is 0 Å². The molecule has 1 atom stereocenters. The number of rotatable bonds is 4. The summed E-state index contributed by atoms with van der Waals surface area (Å²) in [7, 11) is 0. The van der Waals surface area contributed by atoms with Crippen LogP contribution in [0.4, 0.5) is 10.9 Å². The molecule has 8 heteroatoms. The average molecular weight is 285 g/mol. The van der Waals surface area contributed by atoms with Gasteiger partial charge in [0.25, 0.3) is 5.91 Å². The van der Waals surface area contributed by atoms with Crippen LogP contribution >= 0.6 is 11.3 Å². The van der Waals surface area contributed by atoms with E-state index in [1.807, 2.05) is 20.8 Å². The summed E-state index contributed by atoms with van der Waals surface area (Å²) >= 11 is 1.14. The molecule has 0 aromatic carbocycles. The van der Waals surface area contributed by atoms with Crippen molar-refractivity contribution in [2.45, 2.75) is 39.3 Å². The molecule has 0 bridgehead atoms. The number of thiazole rings is 1. The van der Waals surface area contributed by atoms with Gasteiger partial charge in [0, 0.05) is 5.54 Å². The molecule has 0 spiro atoms. The maximum Gasteiger partial charge on any atom is 0.265 e. The molecule has 0 saturated carbocycles. The van der Waals surface area contributed by atoms with E-state index in [-0.39, 0.29) is 16.2 Å². The molecule has 7 nitrogen and oxygen atoms in total. The third-order valence-corrected chi connectivity index (χ3v) is 3.10. The second-order valence-electron chi connectivity index (χ2n) is 5.21. The number of nitrogens with one attached hydrogen (secondary N) is 2. The van der Waals surface area contributed by atoms with Gasteiger partial charge < -0.3 is 22.1 Å². The molecule has 1 heterocycles. The monoisotopic (exact) mass is 285 g/mol. The van der Waals surface area contributed by atoms with Crippen LogP contribution in [-0.2, 0) is 4.79 Å². The van der Waals surface area contributed by atoms with Crippen LogP contribution in [0.2, 0.25) is 0 Å². The van der Waals surface area contributed by atoms with Crippen LogP contribution < -0.4 is 22.1 Å². The number of amides is 2. The molecule has 1 unspecified atom stereocenters. The van der Waals surface area contributed by atoms with Crippen LogP contribution in [0.15, 0.2) is 0 Å². The number of hydrogen-bond donors (Lipinski definition) is 4. The lowest BCUT2D eigenvalue weighted by Gasteiger charge is -2.19. The minimum Gasteiger partial charge on any atom is -0.382 e. The van der Waals surface area contributed by atoms with Gasteiger partial charge in [-0.3, -0.25) is 9.59 Å². The lowest BCUT2D eigenvalue weighted by atomic mass is 10.1. The molecule has 1 aromatic heterocycles. The van der Waals surface area contributed by atoms with Crippen LogP contribution in [-0.4, -0.2) is 28.4 Å². The Balaban J connectivity index is 2.84. The van der Waals surface area contributed by atoms with Gasteiger partial charge in [-0.25, -0.2) is 4.98 Å². The number of carbonyl (C=O) groups is 2. The number of carbonyl (C=O) groups excluding carboxylic acids is 2. The summed E-state index contributed by atoms with van der Waals surface area (Å²) in [5.74, 6) is -0.932. The highest BCUT2D eigenvalue weighted by molar-refractivity contribution is 7.18. The second kappa shape index (κ2) is 5.43. The summed E-state index contributed by atoms with van der Waals surface area (Å²) in [5.41, 5.74) is 10.6. The second-order valence-corrected chi connectivity index (χ2v) is 6.20. The van der Waals surface area contributed by atoms with Gasteiger partial charge in [-0.1, -0.05) is 11.3 Å². The van der Waals surface area contributed by atoms with Crippen LogP contribution in [0.3, 0.4) is 0 Å². The van der Waals surface area contributed by atoms with E-state index in [1.54, 1.807) is 0 Å². The Bertz CT molecular complexity index is 492. The Kier molecular flexibility index (Phi) is 4.35. The first kappa shape index (κ1) is 15.2. The van der Waals surface area contributed by atoms with Gasteiger partial charge in [0.1, 0.15) is 16.7 Å². The summed E-state index contributed by atoms with van der Waals surface area (Å²) in [4.78, 5) is 27.1. The highest BCUT2D eigenvalue weighted by Crippen LogP contribution is 2.27. The number of nitrogens with two attached hydrogens (primary N) is 2. The molecular formula is C11H19N5O2S. The highest BCUT2D eigenvalue weighted by Gasteiger charge is 2.21. The predicted octanol–water partition coefficient (Wildman–Crippen LogP) is 0.539. The van der Waals surface area contributed by atoms with Crippen molar-refractivity contribution in [2.24, 2.45) is 5.73 Å². The predicted molar refractivity (Wildman–Crippen MR) is 76.0 cm³/mol. The van der Waals surface area contributed by atoms with Crippen molar-refractivity contribution in [3.05, 3.63) is 4.88 Å². The molecule has 1 rings (SSSR count). The van der Waals surface area contributed by atoms with E-state index in [9.17, 15) is 9.59 Å². The van der Waals surface area contributed by atoms with Crippen LogP contribution in [0.25, 0.3) is 0 Å². The van der Waals surface area contributed by atoms with Gasteiger partial charge in [0.15, 0.2) is 5.13 Å². The first-order valence-corrected chi connectivity index (χ1v) is 6.56. The Hall–Kier alpha value is -1.83. The van der Waals surface area contributed by atoms with Crippen molar-refractivity contribution in [2.75, 3.05) is 11.1 Å². The zero-order valence-corrected chi connectivity index (χ0v) is 12.2. The maximum atomic E-state index is 11.9. The number of nitrogen functional groups attached to an aromatic ring is 1. The van der Waals surface area contributed by atoms with E-state index in [2.05, 4.69) is 15.6 Å². The van der Waals surface area contributed by atoms with Gasteiger partial charge >= 0.3 is 0 Å². The molecule has 1 aromatic rings. The molecule has 0 radical (unpaired) electrons. The topological polar surface area (TPSA) is 123 Å². The van der Waals surface area contributed by atoms with Gasteiger partial charge in [0.2, 0.25) is 5.91 Å². The molecule has 6 N–H and O–H groups in total. The van der Waals surface area contributed by atoms with E-state index in [4.69, 9.17) is 11.5 Å². The largest absolute Gasteiger partial charge is 0.382 e. The third-order valence-electron chi connectivity index (χ3n) is 2.12. The number of anilines is 2. The summed E-state index contributed by atoms with van der Waals surface area (Å²) < 4.78 is 0. The van der Waals surface area contributed by atoms with E-state index in [0.717, 1.165) is 11.3 Å². The molecule has 0 saturated heterocycles. The van der Waals surface area contributed by atoms with Crippen LogP contribution in [0.1, 0.15) is 37.4 Å². The lowest BCUT2D eigenvalue weighted by molar-refractivity contribution is -0.119. The Morgan fingerprint density at radius 2 is 1.95 bits per heavy atom. The quantitative estimate of drug-likeness (QED) is 0.643. The van der Waals surface area contributed by atoms with Crippen molar-refractivity contribution in [1.82, 2.24) is 10.3 Å². The average Bonchev–Trinajstić information content (AvgIpc) is 2.56. The minimum atomic E-state index is -0.756. The number of nitrogens with zero attached hydrogens (tertiary/aromatic N) is 1. The fraction of sp³-hybridized carbons (Fsp3) is 0.545. The molecule has 0 aliphatic heterocycles. The Labute approximate surface area is 115 Å². The fourth-order valence-electron chi connectivity index (χ4n) is 1.20. The minimum absolute atomic E-state index is 0.130. The summed E-state index contributed by atoms with van der Waals surface area (Å²) in [6.45, 7) is 7.42. The van der Waals surface area contributed by atoms with E-state index in [1.165, 1.54) is 6.92 Å². The van der Waals surface area contributed by atoms with Crippen molar-refractivity contribution >= 4 is 34.1 Å². The molecule has 2 amide bonds. The Morgan fingerprint density at radius 3 is 2.42 bits per heavy atom.